The Labute approximate surface area is 221 Å². The number of nitrogens with zero attached hydrogens (tertiary/aromatic N) is 3. The molecule has 4 heterocycles. The van der Waals surface area contributed by atoms with Crippen molar-refractivity contribution in [2.24, 2.45) is 5.41 Å². The highest BCUT2D eigenvalue weighted by Crippen LogP contribution is 2.44. The number of hydrogen-bond donors (Lipinski definition) is 1. The van der Waals surface area contributed by atoms with E-state index in [0.29, 0.717) is 28.4 Å². The van der Waals surface area contributed by atoms with E-state index < -0.39 is 11.9 Å². The summed E-state index contributed by atoms with van der Waals surface area (Å²) in [5.41, 5.74) is 2.24. The van der Waals surface area contributed by atoms with Gasteiger partial charge in [-0.1, -0.05) is 18.2 Å². The molecule has 3 aliphatic rings. The zero-order valence-corrected chi connectivity index (χ0v) is 21.3. The zero-order valence-electron chi connectivity index (χ0n) is 21.3. The van der Waals surface area contributed by atoms with Gasteiger partial charge in [0.15, 0.2) is 0 Å². The predicted octanol–water partition coefficient (Wildman–Crippen LogP) is 3.64. The molecule has 3 aromatic rings. The van der Waals surface area contributed by atoms with Gasteiger partial charge in [0, 0.05) is 56.7 Å². The Morgan fingerprint density at radius 2 is 1.84 bits per heavy atom. The second kappa shape index (κ2) is 9.98. The summed E-state index contributed by atoms with van der Waals surface area (Å²) in [4.78, 5) is 34.4. The monoisotopic (exact) mass is 514 g/mol. The van der Waals surface area contributed by atoms with E-state index in [1.165, 1.54) is 6.20 Å². The molecule has 0 unspecified atom stereocenters. The fraction of sp³-hybridized carbons (Fsp3) is 0.345. The Bertz CT molecular complexity index is 1330. The first kappa shape index (κ1) is 24.2. The zero-order chi connectivity index (χ0) is 26.1. The minimum Gasteiger partial charge on any atom is -0.489 e. The Balaban J connectivity index is 1.13. The topological polar surface area (TPSA) is 93.2 Å². The first-order valence-electron chi connectivity index (χ1n) is 12.9. The van der Waals surface area contributed by atoms with Crippen molar-refractivity contribution in [1.29, 1.82) is 0 Å². The SMILES string of the molecule is CN1C(=O)[C@@H](NC(=O)c2cc(Oc3ccccc3)ccn2)COc2ccc(N3CC4(CCOCC4)C3)cc21. The molecule has 1 atom stereocenters. The van der Waals surface area contributed by atoms with Gasteiger partial charge in [-0.3, -0.25) is 14.6 Å². The molecule has 9 nitrogen and oxygen atoms in total. The van der Waals surface area contributed by atoms with E-state index >= 15 is 0 Å². The van der Waals surface area contributed by atoms with Crippen molar-refractivity contribution in [3.8, 4) is 17.2 Å². The van der Waals surface area contributed by atoms with Crippen molar-refractivity contribution in [3.05, 3.63) is 72.6 Å². The molecule has 38 heavy (non-hydrogen) atoms. The molecule has 3 aliphatic heterocycles. The van der Waals surface area contributed by atoms with Crippen LogP contribution in [0.4, 0.5) is 11.4 Å². The van der Waals surface area contributed by atoms with Crippen LogP contribution in [0.25, 0.3) is 0 Å². The molecule has 196 valence electrons. The molecule has 0 aliphatic carbocycles. The van der Waals surface area contributed by atoms with Gasteiger partial charge >= 0.3 is 0 Å². The minimum absolute atomic E-state index is 0.0221. The number of rotatable bonds is 5. The van der Waals surface area contributed by atoms with E-state index in [1.54, 1.807) is 24.1 Å². The Kier molecular flexibility index (Phi) is 6.37. The summed E-state index contributed by atoms with van der Waals surface area (Å²) < 4.78 is 17.3. The maximum Gasteiger partial charge on any atom is 0.270 e. The second-order valence-corrected chi connectivity index (χ2v) is 10.1. The summed E-state index contributed by atoms with van der Waals surface area (Å²) in [5, 5.41) is 2.78. The lowest BCUT2D eigenvalue weighted by Crippen LogP contribution is -2.58. The van der Waals surface area contributed by atoms with Crippen LogP contribution in [0, 0.1) is 5.41 Å². The average Bonchev–Trinajstić information content (AvgIpc) is 3.04. The lowest BCUT2D eigenvalue weighted by atomic mass is 9.73. The van der Waals surface area contributed by atoms with Gasteiger partial charge in [0.25, 0.3) is 11.8 Å². The van der Waals surface area contributed by atoms with Crippen molar-refractivity contribution in [2.75, 3.05) is 49.8 Å². The fourth-order valence-corrected chi connectivity index (χ4v) is 5.31. The van der Waals surface area contributed by atoms with E-state index in [9.17, 15) is 9.59 Å². The first-order chi connectivity index (χ1) is 18.5. The van der Waals surface area contributed by atoms with Gasteiger partial charge in [-0.15, -0.1) is 0 Å². The van der Waals surface area contributed by atoms with Crippen molar-refractivity contribution >= 4 is 23.2 Å². The standard InChI is InChI=1S/C29H30N4O5/c1-32-25-15-20(33-18-29(19-33)10-13-36-14-11-29)7-8-26(25)37-17-24(28(32)35)31-27(34)23-16-22(9-12-30-23)38-21-5-3-2-4-6-21/h2-9,12,15-16,24H,10-11,13-14,17-19H2,1H3,(H,31,34)/t24-/m0/s1. The third-order valence-corrected chi connectivity index (χ3v) is 7.56. The molecule has 1 N–H and O–H groups in total. The Morgan fingerprint density at radius 3 is 2.63 bits per heavy atom. The summed E-state index contributed by atoms with van der Waals surface area (Å²) in [7, 11) is 1.71. The number of carbonyl (C=O) groups is 2. The van der Waals surface area contributed by atoms with E-state index in [1.807, 2.05) is 48.5 Å². The van der Waals surface area contributed by atoms with E-state index in [-0.39, 0.29) is 18.2 Å². The van der Waals surface area contributed by atoms with Crippen LogP contribution in [-0.4, -0.2) is 62.8 Å². The molecule has 2 amide bonds. The van der Waals surface area contributed by atoms with Crippen molar-refractivity contribution in [3.63, 3.8) is 0 Å². The quantitative estimate of drug-likeness (QED) is 0.556. The molecule has 2 fully saturated rings. The van der Waals surface area contributed by atoms with E-state index in [4.69, 9.17) is 14.2 Å². The van der Waals surface area contributed by atoms with E-state index in [0.717, 1.165) is 44.8 Å². The Morgan fingerprint density at radius 1 is 1.05 bits per heavy atom. The highest BCUT2D eigenvalue weighted by Gasteiger charge is 2.44. The van der Waals surface area contributed by atoms with Gasteiger partial charge < -0.3 is 29.3 Å². The van der Waals surface area contributed by atoms with Crippen LogP contribution in [0.3, 0.4) is 0 Å². The summed E-state index contributed by atoms with van der Waals surface area (Å²) in [5.74, 6) is 1.00. The molecule has 0 radical (unpaired) electrons. The maximum atomic E-state index is 13.3. The van der Waals surface area contributed by atoms with Crippen LogP contribution in [0.2, 0.25) is 0 Å². The number of hydrogen-bond acceptors (Lipinski definition) is 7. The lowest BCUT2D eigenvalue weighted by molar-refractivity contribution is -0.120. The van der Waals surface area contributed by atoms with Crippen LogP contribution in [-0.2, 0) is 9.53 Å². The second-order valence-electron chi connectivity index (χ2n) is 10.1. The van der Waals surface area contributed by atoms with Crippen LogP contribution < -0.4 is 24.6 Å². The number of aromatic nitrogens is 1. The van der Waals surface area contributed by atoms with Gasteiger partial charge in [-0.2, -0.15) is 0 Å². The molecule has 6 rings (SSSR count). The minimum atomic E-state index is -0.863. The van der Waals surface area contributed by atoms with Crippen LogP contribution in [0.15, 0.2) is 66.9 Å². The summed E-state index contributed by atoms with van der Waals surface area (Å²) in [6, 6.07) is 17.6. The number of amides is 2. The average molecular weight is 515 g/mol. The number of pyridine rings is 1. The molecule has 2 aromatic carbocycles. The third kappa shape index (κ3) is 4.77. The normalized spacial score (nSPS) is 20.1. The van der Waals surface area contributed by atoms with Crippen LogP contribution >= 0.6 is 0 Å². The smallest absolute Gasteiger partial charge is 0.270 e. The number of carbonyl (C=O) groups excluding carboxylic acids is 2. The van der Waals surface area contributed by atoms with Crippen LogP contribution in [0.1, 0.15) is 23.3 Å². The number of benzene rings is 2. The number of likely N-dealkylation sites (N-methyl/N-ethyl adjacent to an activating group) is 1. The van der Waals surface area contributed by atoms with E-state index in [2.05, 4.69) is 15.2 Å². The third-order valence-electron chi connectivity index (χ3n) is 7.56. The molecule has 9 heteroatoms. The summed E-state index contributed by atoms with van der Waals surface area (Å²) in [6.45, 7) is 3.67. The number of fused-ring (bicyclic) bond motifs is 1. The fourth-order valence-electron chi connectivity index (χ4n) is 5.31. The number of ether oxygens (including phenoxy) is 3. The molecular formula is C29H30N4O5. The van der Waals surface area contributed by atoms with Gasteiger partial charge in [0.2, 0.25) is 0 Å². The molecule has 1 aromatic heterocycles. The first-order valence-corrected chi connectivity index (χ1v) is 12.9. The van der Waals surface area contributed by atoms with Crippen molar-refractivity contribution in [1.82, 2.24) is 10.3 Å². The molecule has 0 saturated carbocycles. The summed E-state index contributed by atoms with van der Waals surface area (Å²) >= 11 is 0. The largest absolute Gasteiger partial charge is 0.489 e. The van der Waals surface area contributed by atoms with Gasteiger partial charge in [-0.25, -0.2) is 0 Å². The number of para-hydroxylation sites is 1. The lowest BCUT2D eigenvalue weighted by Gasteiger charge is -2.53. The molecule has 2 saturated heterocycles. The van der Waals surface area contributed by atoms with Crippen molar-refractivity contribution < 1.29 is 23.8 Å². The summed E-state index contributed by atoms with van der Waals surface area (Å²) in [6.07, 6.45) is 3.68. The van der Waals surface area contributed by atoms with Gasteiger partial charge in [-0.05, 0) is 49.2 Å². The Hall–Kier alpha value is -4.11. The molecule has 1 spiro atoms. The maximum absolute atomic E-state index is 13.3. The van der Waals surface area contributed by atoms with Crippen LogP contribution in [0.5, 0.6) is 17.2 Å². The van der Waals surface area contributed by atoms with Crippen molar-refractivity contribution in [2.45, 2.75) is 18.9 Å². The highest BCUT2D eigenvalue weighted by molar-refractivity contribution is 6.03. The van der Waals surface area contributed by atoms with Gasteiger partial charge in [0.1, 0.15) is 35.6 Å². The highest BCUT2D eigenvalue weighted by atomic mass is 16.5. The molecular weight excluding hydrogens is 484 g/mol. The molecule has 0 bridgehead atoms. The van der Waals surface area contributed by atoms with Gasteiger partial charge in [0.05, 0.1) is 5.69 Å². The predicted molar refractivity (Wildman–Crippen MR) is 142 cm³/mol. The number of nitrogens with one attached hydrogen (secondary N) is 1. The number of anilines is 2.